The van der Waals surface area contributed by atoms with Crippen LogP contribution >= 0.6 is 0 Å². The Hall–Kier alpha value is -4.11. The van der Waals surface area contributed by atoms with Gasteiger partial charge in [0.2, 0.25) is 5.91 Å². The second kappa shape index (κ2) is 13.3. The van der Waals surface area contributed by atoms with Crippen LogP contribution in [-0.2, 0) is 15.7 Å². The lowest BCUT2D eigenvalue weighted by atomic mass is 9.73. The quantitative estimate of drug-likeness (QED) is 0.235. The molecule has 46 heavy (non-hydrogen) atoms. The van der Waals surface area contributed by atoms with Crippen molar-refractivity contribution < 1.29 is 22.8 Å². The molecule has 0 saturated carbocycles. The van der Waals surface area contributed by atoms with E-state index in [1.54, 1.807) is 0 Å². The summed E-state index contributed by atoms with van der Waals surface area (Å²) in [6.07, 6.45) is -2.68. The summed E-state index contributed by atoms with van der Waals surface area (Å²) in [5, 5.41) is 5.39. The van der Waals surface area contributed by atoms with E-state index >= 15 is 0 Å². The summed E-state index contributed by atoms with van der Waals surface area (Å²) >= 11 is 0. The fourth-order valence-corrected chi connectivity index (χ4v) is 6.78. The number of hydrogen-bond donors (Lipinski definition) is 2. The summed E-state index contributed by atoms with van der Waals surface area (Å²) in [6.45, 7) is 12.0. The Kier molecular flexibility index (Phi) is 9.63. The van der Waals surface area contributed by atoms with Crippen molar-refractivity contribution in [3.8, 4) is 11.1 Å². The van der Waals surface area contributed by atoms with Crippen molar-refractivity contribution in [3.05, 3.63) is 102 Å². The number of halogens is 3. The molecule has 1 saturated heterocycles. The zero-order valence-electron chi connectivity index (χ0n) is 26.8. The fraction of sp³-hybridized carbons (Fsp3) is 0.405. The number of allylic oxidation sites excluding steroid dienone is 1. The normalized spacial score (nSPS) is 16.0. The molecule has 0 spiro atoms. The predicted molar refractivity (Wildman–Crippen MR) is 176 cm³/mol. The summed E-state index contributed by atoms with van der Waals surface area (Å²) in [5.41, 5.74) is 4.57. The number of benzene rings is 3. The number of rotatable bonds is 10. The van der Waals surface area contributed by atoms with Crippen LogP contribution < -0.4 is 10.6 Å². The molecule has 3 aromatic rings. The lowest BCUT2D eigenvalue weighted by Gasteiger charge is -2.37. The fourth-order valence-electron chi connectivity index (χ4n) is 6.78. The SMILES string of the molecule is C=C(C)c1cccc(C(C)(C)NC(=O)N2CCN(CCCCC3(C(=O)NCC(F)(F)F)c4ccccc4-c4ccccc43)CC2)c1. The minimum atomic E-state index is -4.50. The Morgan fingerprint density at radius 1 is 0.870 bits per heavy atom. The van der Waals surface area contributed by atoms with Crippen LogP contribution in [0.2, 0.25) is 0 Å². The van der Waals surface area contributed by atoms with Crippen LogP contribution in [0.4, 0.5) is 18.0 Å². The molecule has 2 aliphatic rings. The highest BCUT2D eigenvalue weighted by Crippen LogP contribution is 2.51. The van der Waals surface area contributed by atoms with Gasteiger partial charge in [-0.15, -0.1) is 0 Å². The number of amides is 3. The molecule has 1 aliphatic carbocycles. The highest BCUT2D eigenvalue weighted by molar-refractivity contribution is 6.00. The van der Waals surface area contributed by atoms with Crippen molar-refractivity contribution in [2.45, 2.75) is 57.2 Å². The van der Waals surface area contributed by atoms with Gasteiger partial charge in [-0.05, 0) is 79.6 Å². The van der Waals surface area contributed by atoms with Crippen molar-refractivity contribution in [3.63, 3.8) is 0 Å². The van der Waals surface area contributed by atoms with Gasteiger partial charge < -0.3 is 15.5 Å². The van der Waals surface area contributed by atoms with Gasteiger partial charge in [0.1, 0.15) is 12.0 Å². The number of carbonyl (C=O) groups excluding carboxylic acids is 2. The molecular weight excluding hydrogens is 589 g/mol. The van der Waals surface area contributed by atoms with E-state index < -0.39 is 29.6 Å². The molecule has 0 unspecified atom stereocenters. The van der Waals surface area contributed by atoms with Gasteiger partial charge in [0.05, 0.1) is 5.54 Å². The smallest absolute Gasteiger partial charge is 0.346 e. The third kappa shape index (κ3) is 6.99. The lowest BCUT2D eigenvalue weighted by molar-refractivity contribution is -0.141. The Morgan fingerprint density at radius 2 is 1.48 bits per heavy atom. The van der Waals surface area contributed by atoms with Crippen LogP contribution in [0.1, 0.15) is 62.3 Å². The maximum absolute atomic E-state index is 13.7. The second-order valence-electron chi connectivity index (χ2n) is 13.0. The molecule has 2 N–H and O–H groups in total. The minimum absolute atomic E-state index is 0.101. The maximum atomic E-state index is 13.7. The molecule has 1 fully saturated rings. The first-order chi connectivity index (χ1) is 21.8. The van der Waals surface area contributed by atoms with Crippen LogP contribution in [-0.4, -0.2) is 67.2 Å². The van der Waals surface area contributed by atoms with Crippen molar-refractivity contribution in [2.24, 2.45) is 0 Å². The van der Waals surface area contributed by atoms with Gasteiger partial charge in [-0.3, -0.25) is 9.69 Å². The lowest BCUT2D eigenvalue weighted by Crippen LogP contribution is -2.55. The Bertz CT molecular complexity index is 1550. The van der Waals surface area contributed by atoms with Crippen LogP contribution in [0.15, 0.2) is 79.4 Å². The average molecular weight is 633 g/mol. The van der Waals surface area contributed by atoms with Crippen molar-refractivity contribution in [1.82, 2.24) is 20.4 Å². The van der Waals surface area contributed by atoms with Crippen LogP contribution in [0.3, 0.4) is 0 Å². The summed E-state index contributed by atoms with van der Waals surface area (Å²) in [5.74, 6) is -0.615. The van der Waals surface area contributed by atoms with E-state index in [1.807, 2.05) is 92.4 Å². The first kappa shape index (κ1) is 33.3. The molecule has 3 aromatic carbocycles. The highest BCUT2D eigenvalue weighted by atomic mass is 19.4. The molecule has 0 bridgehead atoms. The minimum Gasteiger partial charge on any atom is -0.346 e. The first-order valence-electron chi connectivity index (χ1n) is 15.9. The summed E-state index contributed by atoms with van der Waals surface area (Å²) in [7, 11) is 0. The second-order valence-corrected chi connectivity index (χ2v) is 13.0. The number of nitrogens with one attached hydrogen (secondary N) is 2. The van der Waals surface area contributed by atoms with Gasteiger partial charge in [0.15, 0.2) is 0 Å². The largest absolute Gasteiger partial charge is 0.405 e. The molecular formula is C37H43F3N4O2. The van der Waals surface area contributed by atoms with Crippen LogP contribution in [0, 0.1) is 0 Å². The Labute approximate surface area is 269 Å². The first-order valence-corrected chi connectivity index (χ1v) is 15.9. The summed E-state index contributed by atoms with van der Waals surface area (Å²) < 4.78 is 39.5. The number of nitrogens with zero attached hydrogens (tertiary/aromatic N) is 2. The summed E-state index contributed by atoms with van der Waals surface area (Å²) in [6, 6.07) is 23.0. The number of unbranched alkanes of at least 4 members (excludes halogenated alkanes) is 1. The Morgan fingerprint density at radius 3 is 2.07 bits per heavy atom. The van der Waals surface area contributed by atoms with E-state index in [-0.39, 0.29) is 6.03 Å². The number of fused-ring (bicyclic) bond motifs is 3. The van der Waals surface area contributed by atoms with Crippen molar-refractivity contribution in [2.75, 3.05) is 39.3 Å². The van der Waals surface area contributed by atoms with Crippen molar-refractivity contribution in [1.29, 1.82) is 0 Å². The molecule has 9 heteroatoms. The third-order valence-corrected chi connectivity index (χ3v) is 9.33. The van der Waals surface area contributed by atoms with Gasteiger partial charge in [-0.25, -0.2) is 4.79 Å². The van der Waals surface area contributed by atoms with E-state index in [4.69, 9.17) is 0 Å². The number of urea groups is 1. The molecule has 6 nitrogen and oxygen atoms in total. The third-order valence-electron chi connectivity index (χ3n) is 9.33. The zero-order valence-corrected chi connectivity index (χ0v) is 26.8. The molecule has 3 amide bonds. The van der Waals surface area contributed by atoms with Gasteiger partial charge in [-0.1, -0.05) is 85.3 Å². The predicted octanol–water partition coefficient (Wildman–Crippen LogP) is 7.10. The zero-order chi connectivity index (χ0) is 33.1. The molecule has 0 atom stereocenters. The van der Waals surface area contributed by atoms with Gasteiger partial charge >= 0.3 is 12.2 Å². The van der Waals surface area contributed by atoms with E-state index in [2.05, 4.69) is 28.2 Å². The van der Waals surface area contributed by atoms with E-state index in [0.717, 1.165) is 65.0 Å². The average Bonchev–Trinajstić information content (AvgIpc) is 3.32. The van der Waals surface area contributed by atoms with Crippen molar-refractivity contribution >= 4 is 17.5 Å². The van der Waals surface area contributed by atoms with E-state index in [0.29, 0.717) is 25.9 Å². The molecule has 0 aromatic heterocycles. The molecule has 0 radical (unpaired) electrons. The maximum Gasteiger partial charge on any atom is 0.405 e. The highest BCUT2D eigenvalue weighted by Gasteiger charge is 2.49. The molecule has 1 aliphatic heterocycles. The topological polar surface area (TPSA) is 64.7 Å². The molecule has 1 heterocycles. The number of carbonyl (C=O) groups is 2. The van der Waals surface area contributed by atoms with Gasteiger partial charge in [0, 0.05) is 26.2 Å². The van der Waals surface area contributed by atoms with Crippen LogP contribution in [0.5, 0.6) is 0 Å². The number of piperazine rings is 1. The van der Waals surface area contributed by atoms with Crippen LogP contribution in [0.25, 0.3) is 16.7 Å². The summed E-state index contributed by atoms with van der Waals surface area (Å²) in [4.78, 5) is 31.1. The van der Waals surface area contributed by atoms with E-state index in [9.17, 15) is 22.8 Å². The number of hydrogen-bond acceptors (Lipinski definition) is 3. The molecule has 244 valence electrons. The van der Waals surface area contributed by atoms with E-state index in [1.165, 1.54) is 0 Å². The molecule has 5 rings (SSSR count). The monoisotopic (exact) mass is 632 g/mol. The Balaban J connectivity index is 1.18. The number of alkyl halides is 3. The van der Waals surface area contributed by atoms with Gasteiger partial charge in [-0.2, -0.15) is 13.2 Å². The van der Waals surface area contributed by atoms with Gasteiger partial charge in [0.25, 0.3) is 0 Å². The standard InChI is InChI=1S/C37H43F3N4O2/c1-26(2)27-12-11-13-28(24-27)35(3,4)42-34(46)44-22-20-43(21-23-44)19-10-9-18-36(33(45)41-25-37(38,39)40)31-16-7-5-14-29(31)30-15-6-8-17-32(30)36/h5-8,11-17,24H,1,9-10,18-23,25H2,2-4H3,(H,41,45)(H,42,46).